The van der Waals surface area contributed by atoms with Crippen LogP contribution in [0.15, 0.2) is 58.4 Å². The van der Waals surface area contributed by atoms with Gasteiger partial charge in [-0.3, -0.25) is 9.59 Å². The number of hydrogen-bond donors (Lipinski definition) is 2. The second kappa shape index (κ2) is 7.85. The average molecular weight is 473 g/mol. The molecule has 0 radical (unpaired) electrons. The highest BCUT2D eigenvalue weighted by Gasteiger charge is 2.20. The summed E-state index contributed by atoms with van der Waals surface area (Å²) >= 11 is 0. The first-order valence-electron chi connectivity index (χ1n) is 9.45. The molecule has 8 nitrogen and oxygen atoms in total. The van der Waals surface area contributed by atoms with Gasteiger partial charge in [-0.15, -0.1) is 0 Å². The van der Waals surface area contributed by atoms with Gasteiger partial charge < -0.3 is 20.0 Å². The first kappa shape index (κ1) is 22.2. The Kier molecular flexibility index (Phi) is 5.29. The summed E-state index contributed by atoms with van der Waals surface area (Å²) in [5, 5.41) is 0.280. The van der Waals surface area contributed by atoms with Crippen LogP contribution in [0.5, 0.6) is 11.5 Å². The zero-order chi connectivity index (χ0) is 24.1. The molecule has 0 atom stereocenters. The molecule has 11 heteroatoms. The van der Waals surface area contributed by atoms with E-state index < -0.39 is 32.9 Å². The van der Waals surface area contributed by atoms with Crippen LogP contribution in [0.1, 0.15) is 10.5 Å². The van der Waals surface area contributed by atoms with E-state index in [4.69, 9.17) is 10.5 Å². The number of rotatable bonds is 5. The maximum atomic E-state index is 14.2. The molecule has 2 aromatic heterocycles. The number of aromatic amines is 1. The Hall–Kier alpha value is -3.99. The molecule has 1 amide bonds. The topological polar surface area (TPSA) is 124 Å². The number of halogens is 2. The molecule has 0 aliphatic rings. The first-order chi connectivity index (χ1) is 15.5. The highest BCUT2D eigenvalue weighted by Crippen LogP contribution is 2.39. The van der Waals surface area contributed by atoms with Crippen molar-refractivity contribution >= 4 is 26.6 Å². The molecule has 33 heavy (non-hydrogen) atoms. The fourth-order valence-electron chi connectivity index (χ4n) is 3.40. The Morgan fingerprint density at radius 1 is 1.06 bits per heavy atom. The number of hydrogen-bond acceptors (Lipinski definition) is 5. The highest BCUT2D eigenvalue weighted by molar-refractivity contribution is 7.90. The van der Waals surface area contributed by atoms with Crippen molar-refractivity contribution in [3.8, 4) is 22.6 Å². The Bertz CT molecular complexity index is 1610. The van der Waals surface area contributed by atoms with Gasteiger partial charge in [0.1, 0.15) is 22.8 Å². The molecule has 0 aliphatic carbocycles. The Morgan fingerprint density at radius 3 is 2.39 bits per heavy atom. The fourth-order valence-corrected chi connectivity index (χ4v) is 4.04. The minimum absolute atomic E-state index is 0.0270. The minimum Gasteiger partial charge on any atom is -0.454 e. The summed E-state index contributed by atoms with van der Waals surface area (Å²) in [6.07, 6.45) is 2.45. The van der Waals surface area contributed by atoms with Crippen molar-refractivity contribution in [3.63, 3.8) is 0 Å². The van der Waals surface area contributed by atoms with E-state index in [0.717, 1.165) is 18.4 Å². The van der Waals surface area contributed by atoms with Crippen LogP contribution in [-0.4, -0.2) is 30.1 Å². The molecule has 0 bridgehead atoms. The Morgan fingerprint density at radius 2 is 1.76 bits per heavy atom. The number of aromatic nitrogens is 2. The number of carbonyl (C=O) groups excluding carboxylic acids is 1. The molecular formula is C22H17F2N3O5S. The first-order valence-corrected chi connectivity index (χ1v) is 11.3. The van der Waals surface area contributed by atoms with E-state index in [1.807, 2.05) is 0 Å². The summed E-state index contributed by atoms with van der Waals surface area (Å²) in [7, 11) is -2.18. The maximum Gasteiger partial charge on any atom is 0.274 e. The molecular weight excluding hydrogens is 456 g/mol. The zero-order valence-corrected chi connectivity index (χ0v) is 18.2. The molecule has 170 valence electrons. The summed E-state index contributed by atoms with van der Waals surface area (Å²) in [6.45, 7) is 0. The number of pyridine rings is 1. The Balaban J connectivity index is 2.03. The minimum atomic E-state index is -3.65. The monoisotopic (exact) mass is 473 g/mol. The summed E-state index contributed by atoms with van der Waals surface area (Å²) in [5.41, 5.74) is 5.44. The lowest BCUT2D eigenvalue weighted by Gasteiger charge is -2.15. The van der Waals surface area contributed by atoms with Crippen LogP contribution in [0.2, 0.25) is 0 Å². The molecule has 2 heterocycles. The fraction of sp³-hybridized carbons (Fsp3) is 0.0909. The number of carbonyl (C=O) groups is 1. The molecule has 0 fully saturated rings. The molecule has 0 saturated carbocycles. The third-order valence-electron chi connectivity index (χ3n) is 5.01. The van der Waals surface area contributed by atoms with E-state index in [2.05, 4.69) is 4.98 Å². The summed E-state index contributed by atoms with van der Waals surface area (Å²) in [4.78, 5) is 26.9. The normalized spacial score (nSPS) is 11.6. The van der Waals surface area contributed by atoms with Gasteiger partial charge in [0.05, 0.1) is 4.90 Å². The van der Waals surface area contributed by atoms with E-state index in [9.17, 15) is 26.8 Å². The smallest absolute Gasteiger partial charge is 0.274 e. The predicted octanol–water partition coefficient (Wildman–Crippen LogP) is 3.11. The molecule has 0 unspecified atom stereocenters. The molecule has 4 rings (SSSR count). The lowest BCUT2D eigenvalue weighted by atomic mass is 10.0. The van der Waals surface area contributed by atoms with Crippen molar-refractivity contribution in [2.45, 2.75) is 4.90 Å². The van der Waals surface area contributed by atoms with Crippen molar-refractivity contribution in [3.05, 3.63) is 76.3 Å². The van der Waals surface area contributed by atoms with Crippen molar-refractivity contribution in [2.75, 3.05) is 6.26 Å². The number of amides is 1. The van der Waals surface area contributed by atoms with Gasteiger partial charge >= 0.3 is 0 Å². The second-order valence-electron chi connectivity index (χ2n) is 7.40. The number of fused-ring (bicyclic) bond motifs is 1. The van der Waals surface area contributed by atoms with Gasteiger partial charge in [-0.25, -0.2) is 17.2 Å². The molecule has 0 saturated heterocycles. The highest BCUT2D eigenvalue weighted by atomic mass is 32.2. The largest absolute Gasteiger partial charge is 0.454 e. The van der Waals surface area contributed by atoms with Crippen LogP contribution in [0.25, 0.3) is 22.0 Å². The number of ether oxygens (including phenoxy) is 1. The van der Waals surface area contributed by atoms with Crippen LogP contribution in [0.3, 0.4) is 0 Å². The van der Waals surface area contributed by atoms with Crippen molar-refractivity contribution in [1.82, 2.24) is 9.55 Å². The van der Waals surface area contributed by atoms with Gasteiger partial charge in [-0.05, 0) is 36.4 Å². The third kappa shape index (κ3) is 4.10. The molecule has 4 aromatic rings. The summed E-state index contributed by atoms with van der Waals surface area (Å²) < 4.78 is 58.8. The van der Waals surface area contributed by atoms with Crippen LogP contribution >= 0.6 is 0 Å². The van der Waals surface area contributed by atoms with Crippen LogP contribution in [0, 0.1) is 11.6 Å². The number of nitrogens with zero attached hydrogens (tertiary/aromatic N) is 1. The van der Waals surface area contributed by atoms with E-state index in [1.54, 1.807) is 0 Å². The zero-order valence-electron chi connectivity index (χ0n) is 17.3. The van der Waals surface area contributed by atoms with E-state index in [0.29, 0.717) is 11.6 Å². The van der Waals surface area contributed by atoms with Gasteiger partial charge in [0.25, 0.3) is 11.5 Å². The van der Waals surface area contributed by atoms with Gasteiger partial charge in [-0.1, -0.05) is 0 Å². The van der Waals surface area contributed by atoms with Crippen molar-refractivity contribution in [1.29, 1.82) is 0 Å². The van der Waals surface area contributed by atoms with Crippen LogP contribution in [0.4, 0.5) is 8.78 Å². The van der Waals surface area contributed by atoms with Crippen LogP contribution < -0.4 is 16.0 Å². The van der Waals surface area contributed by atoms with Gasteiger partial charge in [0, 0.05) is 42.1 Å². The number of sulfone groups is 1. The van der Waals surface area contributed by atoms with E-state index in [1.165, 1.54) is 42.1 Å². The third-order valence-corrected chi connectivity index (χ3v) is 6.12. The quantitative estimate of drug-likeness (QED) is 0.461. The van der Waals surface area contributed by atoms with Gasteiger partial charge in [0.15, 0.2) is 21.4 Å². The van der Waals surface area contributed by atoms with Gasteiger partial charge in [0.2, 0.25) is 0 Å². The van der Waals surface area contributed by atoms with Crippen LogP contribution in [-0.2, 0) is 16.9 Å². The molecule has 0 aliphatic heterocycles. The second-order valence-corrected chi connectivity index (χ2v) is 9.42. The summed E-state index contributed by atoms with van der Waals surface area (Å²) in [6, 6.07) is 8.03. The summed E-state index contributed by atoms with van der Waals surface area (Å²) in [5.74, 6) is -2.81. The number of aryl methyl sites for hydroxylation is 1. The van der Waals surface area contributed by atoms with E-state index >= 15 is 0 Å². The Labute approximate surface area is 186 Å². The van der Waals surface area contributed by atoms with Crippen molar-refractivity contribution < 1.29 is 26.7 Å². The molecule has 0 spiro atoms. The van der Waals surface area contributed by atoms with E-state index in [-0.39, 0.29) is 38.6 Å². The number of benzene rings is 2. The predicted molar refractivity (Wildman–Crippen MR) is 117 cm³/mol. The molecule has 2 aromatic carbocycles. The lowest BCUT2D eigenvalue weighted by Crippen LogP contribution is -2.17. The van der Waals surface area contributed by atoms with Gasteiger partial charge in [-0.2, -0.15) is 0 Å². The number of nitrogens with two attached hydrogens (primary N) is 1. The maximum absolute atomic E-state index is 14.2. The average Bonchev–Trinajstić information content (AvgIpc) is 3.18. The number of nitrogens with one attached hydrogen (secondary N) is 1. The number of primary amides is 1. The molecule has 3 N–H and O–H groups in total. The van der Waals surface area contributed by atoms with Crippen molar-refractivity contribution in [2.24, 2.45) is 12.8 Å². The number of H-pyrrole nitrogens is 1. The lowest BCUT2D eigenvalue weighted by molar-refractivity contribution is 0.0996. The SMILES string of the molecule is Cn1cc(-c2cc(S(C)(=O)=O)ccc2Oc2ccc(F)cc2F)c2cc(C(N)=O)[nH]c2c1=O. The standard InChI is InChI=1S/C22H17F2N3O5S/c1-27-10-15(14-9-17(21(25)28)26-20(14)22(27)29)13-8-12(33(2,30)31)4-6-18(13)32-19-5-3-11(23)7-16(19)24/h3-10,26H,1-2H3,(H2,25,28).